The molecule has 0 amide bonds. The summed E-state index contributed by atoms with van der Waals surface area (Å²) in [5.41, 5.74) is 1.11. The van der Waals surface area contributed by atoms with Crippen LogP contribution in [0, 0.1) is 0 Å². The van der Waals surface area contributed by atoms with E-state index in [1.807, 2.05) is 21.1 Å². The van der Waals surface area contributed by atoms with Crippen LogP contribution < -0.4 is 4.48 Å². The molecule has 9 heteroatoms. The highest BCUT2D eigenvalue weighted by Crippen LogP contribution is 2.32. The molecule has 1 aliphatic rings. The van der Waals surface area contributed by atoms with Crippen LogP contribution in [0.3, 0.4) is 0 Å². The molecule has 1 aliphatic heterocycles. The Hall–Kier alpha value is -1.65. The zero-order chi connectivity index (χ0) is 16.1. The molecule has 0 radical (unpaired) electrons. The number of quaternary nitrogens is 1. The van der Waals surface area contributed by atoms with Crippen LogP contribution in [0.15, 0.2) is 12.7 Å². The third kappa shape index (κ3) is 2.27. The second kappa shape index (κ2) is 5.21. The van der Waals surface area contributed by atoms with Crippen molar-refractivity contribution in [3.8, 4) is 0 Å². The fourth-order valence-corrected chi connectivity index (χ4v) is 2.63. The number of aliphatic hydroxyl groups excluding tert-OH is 3. The van der Waals surface area contributed by atoms with Crippen LogP contribution in [0.2, 0.25) is 0 Å². The van der Waals surface area contributed by atoms with Crippen LogP contribution in [0.1, 0.15) is 6.23 Å². The van der Waals surface area contributed by atoms with Crippen LogP contribution in [0.4, 0.5) is 5.82 Å². The van der Waals surface area contributed by atoms with Gasteiger partial charge in [0.1, 0.15) is 24.6 Å². The lowest BCUT2D eigenvalue weighted by Crippen LogP contribution is -2.36. The maximum Gasteiger partial charge on any atom is 0.258 e. The highest BCUT2D eigenvalue weighted by Gasteiger charge is 2.44. The quantitative estimate of drug-likeness (QED) is 0.600. The number of nitrogens with zero attached hydrogens (tertiary/aromatic N) is 5. The van der Waals surface area contributed by atoms with Crippen LogP contribution in [-0.4, -0.2) is 80.9 Å². The lowest BCUT2D eigenvalue weighted by molar-refractivity contribution is -0.0511. The summed E-state index contributed by atoms with van der Waals surface area (Å²) in [7, 11) is 5.90. The molecule has 9 nitrogen and oxygen atoms in total. The van der Waals surface area contributed by atoms with Crippen molar-refractivity contribution in [3.05, 3.63) is 12.7 Å². The van der Waals surface area contributed by atoms with Crippen LogP contribution in [0.25, 0.3) is 11.2 Å². The molecule has 3 rings (SSSR count). The van der Waals surface area contributed by atoms with E-state index < -0.39 is 24.5 Å². The number of aromatic nitrogens is 4. The van der Waals surface area contributed by atoms with E-state index in [0.29, 0.717) is 15.6 Å². The summed E-state index contributed by atoms with van der Waals surface area (Å²) in [6.07, 6.45) is -1.09. The van der Waals surface area contributed by atoms with Crippen molar-refractivity contribution in [2.24, 2.45) is 0 Å². The molecule has 1 fully saturated rings. The van der Waals surface area contributed by atoms with Crippen molar-refractivity contribution in [1.82, 2.24) is 24.0 Å². The summed E-state index contributed by atoms with van der Waals surface area (Å²) in [6, 6.07) is 0. The molecule has 22 heavy (non-hydrogen) atoms. The summed E-state index contributed by atoms with van der Waals surface area (Å²) >= 11 is 0. The van der Waals surface area contributed by atoms with E-state index in [1.54, 1.807) is 4.57 Å². The normalized spacial score (nSPS) is 29.4. The van der Waals surface area contributed by atoms with Crippen molar-refractivity contribution < 1.29 is 20.1 Å². The molecule has 0 spiro atoms. The minimum Gasteiger partial charge on any atom is -0.394 e. The molecule has 2 aromatic heterocycles. The molecular weight excluding hydrogens is 290 g/mol. The SMILES string of the molecule is C[N+](C)(C)c1ncnc2c1ncn2[C@@H]1O[C@H](CO)[C@@H](O)[C@H]1O. The predicted molar refractivity (Wildman–Crippen MR) is 77.9 cm³/mol. The average molecular weight is 310 g/mol. The topological polar surface area (TPSA) is 114 Å². The van der Waals surface area contributed by atoms with Gasteiger partial charge in [-0.15, -0.1) is 0 Å². The van der Waals surface area contributed by atoms with Gasteiger partial charge in [-0.3, -0.25) is 9.05 Å². The zero-order valence-electron chi connectivity index (χ0n) is 12.7. The largest absolute Gasteiger partial charge is 0.394 e. The van der Waals surface area contributed by atoms with Gasteiger partial charge in [0.15, 0.2) is 17.4 Å². The predicted octanol–water partition coefficient (Wildman–Crippen LogP) is -1.37. The van der Waals surface area contributed by atoms with Crippen molar-refractivity contribution in [2.75, 3.05) is 27.7 Å². The first kappa shape index (κ1) is 15.3. The molecule has 0 aromatic carbocycles. The van der Waals surface area contributed by atoms with Gasteiger partial charge in [-0.2, -0.15) is 4.98 Å². The van der Waals surface area contributed by atoms with Gasteiger partial charge in [0.05, 0.1) is 34.1 Å². The number of rotatable bonds is 3. The van der Waals surface area contributed by atoms with Gasteiger partial charge in [-0.1, -0.05) is 0 Å². The summed E-state index contributed by atoms with van der Waals surface area (Å²) < 4.78 is 7.54. The Labute approximate surface area is 127 Å². The Morgan fingerprint density at radius 1 is 1.18 bits per heavy atom. The highest BCUT2D eigenvalue weighted by atomic mass is 16.6. The van der Waals surface area contributed by atoms with Gasteiger partial charge < -0.3 is 20.1 Å². The van der Waals surface area contributed by atoms with Crippen LogP contribution in [-0.2, 0) is 4.74 Å². The van der Waals surface area contributed by atoms with E-state index in [-0.39, 0.29) is 6.61 Å². The van der Waals surface area contributed by atoms with Crippen molar-refractivity contribution in [1.29, 1.82) is 0 Å². The third-order valence-electron chi connectivity index (χ3n) is 3.77. The molecule has 0 bridgehead atoms. The number of aliphatic hydroxyl groups is 3. The van der Waals surface area contributed by atoms with E-state index in [1.165, 1.54) is 12.7 Å². The Bertz CT molecular complexity index is 683. The Morgan fingerprint density at radius 3 is 2.50 bits per heavy atom. The lowest BCUT2D eigenvalue weighted by atomic mass is 10.1. The number of ether oxygens (including phenoxy) is 1. The van der Waals surface area contributed by atoms with Crippen molar-refractivity contribution in [2.45, 2.75) is 24.5 Å². The lowest BCUT2D eigenvalue weighted by Gasteiger charge is -2.22. The second-order valence-corrected chi connectivity index (χ2v) is 6.26. The first-order valence-corrected chi connectivity index (χ1v) is 6.96. The third-order valence-corrected chi connectivity index (χ3v) is 3.77. The van der Waals surface area contributed by atoms with E-state index in [9.17, 15) is 15.3 Å². The monoisotopic (exact) mass is 310 g/mol. The average Bonchev–Trinajstić information content (AvgIpc) is 3.00. The van der Waals surface area contributed by atoms with Gasteiger partial charge in [0.2, 0.25) is 0 Å². The van der Waals surface area contributed by atoms with Crippen LogP contribution in [0.5, 0.6) is 0 Å². The molecule has 4 atom stereocenters. The summed E-state index contributed by atoms with van der Waals surface area (Å²) in [4.78, 5) is 12.8. The maximum absolute atomic E-state index is 10.1. The molecule has 3 heterocycles. The van der Waals surface area contributed by atoms with Gasteiger partial charge in [-0.05, 0) is 0 Å². The molecule has 1 saturated heterocycles. The zero-order valence-corrected chi connectivity index (χ0v) is 12.7. The first-order valence-electron chi connectivity index (χ1n) is 6.96. The smallest absolute Gasteiger partial charge is 0.258 e. The number of imidazole rings is 1. The van der Waals surface area contributed by atoms with Crippen LogP contribution >= 0.6 is 0 Å². The summed E-state index contributed by atoms with van der Waals surface area (Å²) in [5.74, 6) is 0.732. The minimum absolute atomic E-state index is 0.375. The molecule has 2 aromatic rings. The molecule has 120 valence electrons. The number of fused-ring (bicyclic) bond motifs is 1. The van der Waals surface area contributed by atoms with Gasteiger partial charge in [0, 0.05) is 0 Å². The second-order valence-electron chi connectivity index (χ2n) is 6.26. The summed E-state index contributed by atoms with van der Waals surface area (Å²) in [5, 5.41) is 29.2. The minimum atomic E-state index is -1.17. The van der Waals surface area contributed by atoms with Gasteiger partial charge >= 0.3 is 0 Å². The van der Waals surface area contributed by atoms with Crippen molar-refractivity contribution in [3.63, 3.8) is 0 Å². The van der Waals surface area contributed by atoms with E-state index >= 15 is 0 Å². The van der Waals surface area contributed by atoms with Gasteiger partial charge in [0.25, 0.3) is 5.82 Å². The summed E-state index contributed by atoms with van der Waals surface area (Å²) in [6.45, 7) is -0.375. The maximum atomic E-state index is 10.1. The molecule has 0 unspecified atom stereocenters. The van der Waals surface area contributed by atoms with Gasteiger partial charge in [-0.25, -0.2) is 9.97 Å². The van der Waals surface area contributed by atoms with Crippen molar-refractivity contribution >= 4 is 17.0 Å². The first-order chi connectivity index (χ1) is 10.3. The highest BCUT2D eigenvalue weighted by molar-refractivity contribution is 5.81. The number of hydrogen-bond acceptors (Lipinski definition) is 7. The Morgan fingerprint density at radius 2 is 1.91 bits per heavy atom. The Kier molecular flexibility index (Phi) is 3.62. The fourth-order valence-electron chi connectivity index (χ4n) is 2.63. The molecule has 3 N–H and O–H groups in total. The molecular formula is C13H20N5O4+. The van der Waals surface area contributed by atoms with E-state index in [2.05, 4.69) is 15.0 Å². The molecule has 0 aliphatic carbocycles. The van der Waals surface area contributed by atoms with E-state index in [4.69, 9.17) is 4.74 Å². The number of hydrogen-bond donors (Lipinski definition) is 3. The van der Waals surface area contributed by atoms with E-state index in [0.717, 1.165) is 5.82 Å². The fraction of sp³-hybridized carbons (Fsp3) is 0.615. The molecule has 0 saturated carbocycles. The Balaban J connectivity index is 2.07. The standard InChI is InChI=1S/C13H20N5O4/c1-18(2,3)12-8-11(14-5-15-12)17(6-16-8)13-10(21)9(20)7(4-19)22-13/h5-7,9-10,13,19-21H,4H2,1-3H3/q+1/t7-,9-,10-,13-/m1/s1.